The van der Waals surface area contributed by atoms with Crippen molar-refractivity contribution in [2.75, 3.05) is 12.9 Å². The van der Waals surface area contributed by atoms with Crippen LogP contribution in [0.3, 0.4) is 0 Å². The lowest BCUT2D eigenvalue weighted by molar-refractivity contribution is -0.137. The Morgan fingerprint density at radius 1 is 1.24 bits per heavy atom. The second-order valence-corrected chi connectivity index (χ2v) is 9.04. The number of carbonyl (C=O) groups excluding carboxylic acids is 1. The van der Waals surface area contributed by atoms with Crippen LogP contribution in [0.5, 0.6) is 0 Å². The van der Waals surface area contributed by atoms with Crippen LogP contribution < -0.4 is 5.48 Å². The van der Waals surface area contributed by atoms with E-state index in [9.17, 15) is 26.4 Å². The van der Waals surface area contributed by atoms with Gasteiger partial charge in [-0.05, 0) is 12.1 Å². The molecule has 0 aliphatic carbocycles. The molecule has 174 valence electrons. The number of nitrogens with zero attached hydrogens (tertiary/aromatic N) is 6. The van der Waals surface area contributed by atoms with Crippen LogP contribution in [0.4, 0.5) is 13.2 Å². The molecule has 1 amide bonds. The number of sulfone groups is 1. The van der Waals surface area contributed by atoms with E-state index < -0.39 is 32.5 Å². The Balaban J connectivity index is 2.07. The number of aryl methyl sites for hydroxylation is 1. The zero-order chi connectivity index (χ0) is 24.1. The number of carbonyl (C=O) groups is 1. The summed E-state index contributed by atoms with van der Waals surface area (Å²) in [6.45, 7) is 1.40. The molecular weight excluding hydrogens is 467 g/mol. The van der Waals surface area contributed by atoms with Crippen LogP contribution in [0, 0.1) is 0 Å². The van der Waals surface area contributed by atoms with E-state index in [0.717, 1.165) is 10.6 Å². The minimum atomic E-state index is -4.63. The summed E-state index contributed by atoms with van der Waals surface area (Å²) in [6, 6.07) is 2.11. The maximum Gasteiger partial charge on any atom is 0.417 e. The summed E-state index contributed by atoms with van der Waals surface area (Å²) in [6.07, 6.45) is -2.71. The van der Waals surface area contributed by atoms with Crippen LogP contribution in [0.2, 0.25) is 0 Å². The summed E-state index contributed by atoms with van der Waals surface area (Å²) in [4.78, 5) is 29.2. The Morgan fingerprint density at radius 2 is 1.97 bits per heavy atom. The van der Waals surface area contributed by atoms with Crippen molar-refractivity contribution in [3.8, 4) is 11.4 Å². The summed E-state index contributed by atoms with van der Waals surface area (Å²) in [7, 11) is -1.28. The van der Waals surface area contributed by atoms with Crippen molar-refractivity contribution in [3.05, 3.63) is 35.8 Å². The van der Waals surface area contributed by atoms with Gasteiger partial charge in [-0.15, -0.1) is 0 Å². The minimum absolute atomic E-state index is 0.0318. The second kappa shape index (κ2) is 7.77. The van der Waals surface area contributed by atoms with E-state index in [1.165, 1.54) is 37.9 Å². The van der Waals surface area contributed by atoms with Crippen LogP contribution in [0.25, 0.3) is 28.2 Å². The van der Waals surface area contributed by atoms with E-state index in [0.29, 0.717) is 6.20 Å². The fraction of sp³-hybridized carbons (Fsp3) is 0.278. The topological polar surface area (TPSA) is 133 Å². The molecule has 4 aromatic rings. The first-order valence-corrected chi connectivity index (χ1v) is 11.0. The Kier molecular flexibility index (Phi) is 5.32. The molecule has 15 heteroatoms. The van der Waals surface area contributed by atoms with Crippen LogP contribution >= 0.6 is 0 Å². The Bertz CT molecular complexity index is 1510. The van der Waals surface area contributed by atoms with Crippen molar-refractivity contribution in [2.24, 2.45) is 7.05 Å². The normalized spacial score (nSPS) is 12.5. The van der Waals surface area contributed by atoms with Gasteiger partial charge < -0.3 is 4.57 Å². The van der Waals surface area contributed by atoms with Gasteiger partial charge in [-0.3, -0.25) is 9.63 Å². The number of fused-ring (bicyclic) bond motifs is 2. The number of pyridine rings is 1. The largest absolute Gasteiger partial charge is 0.417 e. The summed E-state index contributed by atoms with van der Waals surface area (Å²) in [5.74, 6) is -1.08. The summed E-state index contributed by atoms with van der Waals surface area (Å²) in [5, 5.41) is 3.67. The summed E-state index contributed by atoms with van der Waals surface area (Å²) < 4.78 is 67.4. The lowest BCUT2D eigenvalue weighted by Crippen LogP contribution is -2.24. The van der Waals surface area contributed by atoms with Gasteiger partial charge in [0, 0.05) is 19.4 Å². The Labute approximate surface area is 184 Å². The Morgan fingerprint density at radius 3 is 2.61 bits per heavy atom. The average molecular weight is 483 g/mol. The molecule has 11 nitrogen and oxygen atoms in total. The first-order chi connectivity index (χ1) is 15.5. The van der Waals surface area contributed by atoms with Gasteiger partial charge in [0.05, 0.1) is 18.4 Å². The lowest BCUT2D eigenvalue weighted by atomic mass is 10.2. The quantitative estimate of drug-likeness (QED) is 0.425. The third-order valence-electron chi connectivity index (χ3n) is 4.85. The van der Waals surface area contributed by atoms with Gasteiger partial charge in [0.15, 0.2) is 26.2 Å². The molecule has 0 fully saturated rings. The number of alkyl halides is 3. The molecule has 4 aromatic heterocycles. The van der Waals surface area contributed by atoms with E-state index in [2.05, 4.69) is 30.4 Å². The number of hydroxylamine groups is 1. The predicted molar refractivity (Wildman–Crippen MR) is 108 cm³/mol. The highest BCUT2D eigenvalue weighted by atomic mass is 32.2. The smallest absolute Gasteiger partial charge is 0.312 e. The molecule has 0 unspecified atom stereocenters. The number of nitrogens with one attached hydrogen (secondary N) is 1. The molecular formula is C18H16F3N7O4S. The molecule has 33 heavy (non-hydrogen) atoms. The van der Waals surface area contributed by atoms with Crippen LogP contribution in [-0.4, -0.2) is 56.3 Å². The van der Waals surface area contributed by atoms with E-state index >= 15 is 0 Å². The molecule has 0 spiro atoms. The highest BCUT2D eigenvalue weighted by Crippen LogP contribution is 2.34. The highest BCUT2D eigenvalue weighted by molar-refractivity contribution is 7.91. The molecule has 4 rings (SSSR count). The average Bonchev–Trinajstić information content (AvgIpc) is 3.31. The molecule has 1 N–H and O–H groups in total. The molecule has 0 saturated carbocycles. The molecule has 0 aromatic carbocycles. The van der Waals surface area contributed by atoms with E-state index in [4.69, 9.17) is 0 Å². The van der Waals surface area contributed by atoms with Crippen molar-refractivity contribution in [1.29, 1.82) is 0 Å². The Hall–Kier alpha value is -3.59. The maximum atomic E-state index is 13.1. The lowest BCUT2D eigenvalue weighted by Gasteiger charge is -2.05. The number of hydrogen-bond acceptors (Lipinski definition) is 8. The van der Waals surface area contributed by atoms with Gasteiger partial charge in [0.1, 0.15) is 22.6 Å². The zero-order valence-electron chi connectivity index (χ0n) is 17.4. The number of aromatic nitrogens is 6. The van der Waals surface area contributed by atoms with Gasteiger partial charge in [0.25, 0.3) is 5.91 Å². The van der Waals surface area contributed by atoms with Crippen LogP contribution in [0.1, 0.15) is 23.0 Å². The minimum Gasteiger partial charge on any atom is -0.312 e. The number of halogens is 3. The molecule has 0 aliphatic rings. The van der Waals surface area contributed by atoms with Gasteiger partial charge in [-0.2, -0.15) is 18.3 Å². The van der Waals surface area contributed by atoms with Gasteiger partial charge in [-0.25, -0.2) is 33.4 Å². The monoisotopic (exact) mass is 483 g/mol. The first kappa shape index (κ1) is 22.6. The number of amides is 1. The molecule has 0 bridgehead atoms. The molecule has 0 aliphatic heterocycles. The van der Waals surface area contributed by atoms with Crippen LogP contribution in [-0.2, 0) is 27.9 Å². The van der Waals surface area contributed by atoms with Crippen LogP contribution in [0.15, 0.2) is 29.6 Å². The highest BCUT2D eigenvalue weighted by Gasteiger charge is 2.33. The fourth-order valence-corrected chi connectivity index (χ4v) is 4.22. The van der Waals surface area contributed by atoms with Gasteiger partial charge in [0.2, 0.25) is 0 Å². The molecule has 4 heterocycles. The van der Waals surface area contributed by atoms with Gasteiger partial charge >= 0.3 is 6.18 Å². The maximum absolute atomic E-state index is 13.1. The van der Waals surface area contributed by atoms with Crippen molar-refractivity contribution < 1.29 is 31.2 Å². The fourth-order valence-electron chi connectivity index (χ4n) is 3.25. The summed E-state index contributed by atoms with van der Waals surface area (Å²) >= 11 is 0. The predicted octanol–water partition coefficient (Wildman–Crippen LogP) is 1.78. The van der Waals surface area contributed by atoms with Crippen molar-refractivity contribution in [2.45, 2.75) is 18.1 Å². The first-order valence-electron chi connectivity index (χ1n) is 9.33. The zero-order valence-corrected chi connectivity index (χ0v) is 18.2. The molecule has 0 saturated heterocycles. The third kappa shape index (κ3) is 3.68. The number of hydrogen-bond donors (Lipinski definition) is 1. The van der Waals surface area contributed by atoms with E-state index in [1.807, 2.05) is 0 Å². The van der Waals surface area contributed by atoms with Crippen molar-refractivity contribution in [3.63, 3.8) is 0 Å². The summed E-state index contributed by atoms with van der Waals surface area (Å²) in [5.41, 5.74) is 0.899. The number of imidazole rings is 1. The molecule has 0 atom stereocenters. The van der Waals surface area contributed by atoms with E-state index in [-0.39, 0.29) is 39.6 Å². The third-order valence-corrected chi connectivity index (χ3v) is 6.48. The second-order valence-electron chi connectivity index (χ2n) is 6.84. The van der Waals surface area contributed by atoms with Gasteiger partial charge in [-0.1, -0.05) is 6.92 Å². The number of rotatable bonds is 5. The van der Waals surface area contributed by atoms with E-state index in [1.54, 1.807) is 0 Å². The SMILES string of the molecule is CCS(=O)(=O)c1nn2c(C(=O)NOC)ccnc2c1-c1nc2cc(C(F)(F)F)cnc2n1C. The molecule has 0 radical (unpaired) electrons. The van der Waals surface area contributed by atoms with Crippen molar-refractivity contribution >= 4 is 32.6 Å². The van der Waals surface area contributed by atoms with Crippen molar-refractivity contribution in [1.82, 2.24) is 34.6 Å². The standard InChI is InChI=1S/C18H16F3N7O4S/c1-4-33(30,31)17-12(14-22-6-5-11(28(14)25-17)16(29)26-32-3)15-24-10-7-9(18(19,20)21)8-23-13(10)27(15)2/h5-8H,4H2,1-3H3,(H,26,29).